The molecular weight excluding hydrogens is 240 g/mol. The molecule has 0 aliphatic heterocycles. The number of carbonyl (C=O) groups is 1. The maximum absolute atomic E-state index is 12.0. The molecule has 5 heteroatoms. The number of hydrogen-bond acceptors (Lipinski definition) is 3. The quantitative estimate of drug-likeness (QED) is 0.623. The highest BCUT2D eigenvalue weighted by Crippen LogP contribution is 2.14. The molecule has 0 saturated heterocycles. The maximum Gasteiger partial charge on any atom is 0.206 e. The third-order valence-corrected chi connectivity index (χ3v) is 3.18. The van der Waals surface area contributed by atoms with Crippen LogP contribution in [0.2, 0.25) is 0 Å². The summed E-state index contributed by atoms with van der Waals surface area (Å²) in [7, 11) is 1.89. The van der Waals surface area contributed by atoms with Crippen LogP contribution in [-0.2, 0) is 13.6 Å². The molecule has 0 amide bonds. The van der Waals surface area contributed by atoms with Gasteiger partial charge < -0.3 is 0 Å². The summed E-state index contributed by atoms with van der Waals surface area (Å²) < 4.78 is 3.55. The first-order valence-electron chi connectivity index (χ1n) is 6.29. The van der Waals surface area contributed by atoms with E-state index in [4.69, 9.17) is 0 Å². The Balaban J connectivity index is 2.20. The van der Waals surface area contributed by atoms with Gasteiger partial charge in [0.25, 0.3) is 0 Å². The second-order valence-corrected chi connectivity index (χ2v) is 4.46. The number of carbonyl (C=O) groups excluding carboxylic acids is 1. The van der Waals surface area contributed by atoms with Crippen LogP contribution in [0.4, 0.5) is 0 Å². The van der Waals surface area contributed by atoms with E-state index in [2.05, 4.69) is 10.2 Å². The summed E-state index contributed by atoms with van der Waals surface area (Å²) >= 11 is 0. The lowest BCUT2D eigenvalue weighted by Gasteiger charge is -1.94. The highest BCUT2D eigenvalue weighted by Gasteiger charge is 2.09. The highest BCUT2D eigenvalue weighted by atomic mass is 16.1. The maximum atomic E-state index is 12.0. The third-order valence-electron chi connectivity index (χ3n) is 3.18. The lowest BCUT2D eigenvalue weighted by Crippen LogP contribution is -2.00. The van der Waals surface area contributed by atoms with Crippen molar-refractivity contribution in [3.63, 3.8) is 0 Å². The Labute approximate surface area is 112 Å². The third kappa shape index (κ3) is 2.65. The lowest BCUT2D eigenvalue weighted by molar-refractivity contribution is 0.104. The van der Waals surface area contributed by atoms with Crippen molar-refractivity contribution in [1.29, 1.82) is 0 Å². The fourth-order valence-corrected chi connectivity index (χ4v) is 1.94. The van der Waals surface area contributed by atoms with Gasteiger partial charge in [0.1, 0.15) is 5.69 Å². The van der Waals surface area contributed by atoms with Crippen molar-refractivity contribution in [2.45, 2.75) is 27.3 Å². The van der Waals surface area contributed by atoms with Gasteiger partial charge in [-0.15, -0.1) is 0 Å². The van der Waals surface area contributed by atoms with E-state index in [0.29, 0.717) is 5.69 Å². The fraction of sp³-hybridized carbons (Fsp3) is 0.357. The Morgan fingerprint density at radius 1 is 1.37 bits per heavy atom. The van der Waals surface area contributed by atoms with Crippen LogP contribution in [0, 0.1) is 13.8 Å². The summed E-state index contributed by atoms with van der Waals surface area (Å²) in [5.74, 6) is -0.0881. The van der Waals surface area contributed by atoms with E-state index >= 15 is 0 Å². The van der Waals surface area contributed by atoms with Crippen molar-refractivity contribution in [3.8, 4) is 0 Å². The smallest absolute Gasteiger partial charge is 0.206 e. The molecular formula is C14H18N4O. The summed E-state index contributed by atoms with van der Waals surface area (Å²) in [5, 5.41) is 8.50. The first kappa shape index (κ1) is 13.3. The van der Waals surface area contributed by atoms with Gasteiger partial charge in [-0.1, -0.05) is 0 Å². The minimum absolute atomic E-state index is 0.0881. The average molecular weight is 258 g/mol. The fourth-order valence-electron chi connectivity index (χ4n) is 1.94. The van der Waals surface area contributed by atoms with Crippen LogP contribution in [0.15, 0.2) is 18.3 Å². The van der Waals surface area contributed by atoms with E-state index in [1.807, 2.05) is 44.8 Å². The van der Waals surface area contributed by atoms with Gasteiger partial charge in [-0.05, 0) is 39.0 Å². The highest BCUT2D eigenvalue weighted by molar-refractivity contribution is 6.05. The summed E-state index contributed by atoms with van der Waals surface area (Å²) in [6, 6.07) is 1.74. The molecule has 2 heterocycles. The van der Waals surface area contributed by atoms with E-state index in [1.54, 1.807) is 16.8 Å². The Bertz CT molecular complexity index is 634. The molecule has 0 aliphatic carbocycles. The summed E-state index contributed by atoms with van der Waals surface area (Å²) in [6.45, 7) is 6.66. The summed E-state index contributed by atoms with van der Waals surface area (Å²) in [6.07, 6.45) is 5.17. The van der Waals surface area contributed by atoms with E-state index in [1.165, 1.54) is 0 Å². The summed E-state index contributed by atoms with van der Waals surface area (Å²) in [5.41, 5.74) is 3.42. The number of aryl methyl sites for hydroxylation is 3. The van der Waals surface area contributed by atoms with Crippen LogP contribution in [0.1, 0.15) is 34.4 Å². The average Bonchev–Trinajstić information content (AvgIpc) is 2.94. The topological polar surface area (TPSA) is 52.7 Å². The summed E-state index contributed by atoms with van der Waals surface area (Å²) in [4.78, 5) is 12.0. The SMILES string of the molecule is CCn1ccc(C(=O)/C=C/c2c(C)nn(C)c2C)n1. The van der Waals surface area contributed by atoms with Crippen LogP contribution in [0.25, 0.3) is 6.08 Å². The van der Waals surface area contributed by atoms with Gasteiger partial charge in [-0.2, -0.15) is 10.2 Å². The molecule has 2 aromatic rings. The second-order valence-electron chi connectivity index (χ2n) is 4.46. The first-order valence-corrected chi connectivity index (χ1v) is 6.29. The van der Waals surface area contributed by atoms with Crippen molar-refractivity contribution >= 4 is 11.9 Å². The Kier molecular flexibility index (Phi) is 3.64. The predicted octanol–water partition coefficient (Wildman–Crippen LogP) is 2.15. The van der Waals surface area contributed by atoms with Gasteiger partial charge in [0, 0.05) is 31.0 Å². The van der Waals surface area contributed by atoms with E-state index in [9.17, 15) is 4.79 Å². The Hall–Kier alpha value is -2.17. The van der Waals surface area contributed by atoms with Gasteiger partial charge in [0.15, 0.2) is 0 Å². The van der Waals surface area contributed by atoms with Crippen LogP contribution in [0.3, 0.4) is 0 Å². The first-order chi connectivity index (χ1) is 9.02. The molecule has 2 aromatic heterocycles. The molecule has 0 aromatic carbocycles. The lowest BCUT2D eigenvalue weighted by atomic mass is 10.1. The molecule has 100 valence electrons. The molecule has 0 saturated carbocycles. The molecule has 0 atom stereocenters. The molecule has 0 N–H and O–H groups in total. The molecule has 0 radical (unpaired) electrons. The van der Waals surface area contributed by atoms with Gasteiger partial charge in [0.2, 0.25) is 5.78 Å². The van der Waals surface area contributed by atoms with E-state index in [0.717, 1.165) is 23.5 Å². The number of rotatable bonds is 4. The monoisotopic (exact) mass is 258 g/mol. The minimum atomic E-state index is -0.0881. The zero-order valence-electron chi connectivity index (χ0n) is 11.7. The number of nitrogens with zero attached hydrogens (tertiary/aromatic N) is 4. The van der Waals surface area contributed by atoms with Gasteiger partial charge in [-0.25, -0.2) is 0 Å². The molecule has 5 nitrogen and oxygen atoms in total. The number of hydrogen-bond donors (Lipinski definition) is 0. The van der Waals surface area contributed by atoms with Crippen molar-refractivity contribution in [2.24, 2.45) is 7.05 Å². The van der Waals surface area contributed by atoms with Crippen molar-refractivity contribution in [2.75, 3.05) is 0 Å². The molecule has 0 unspecified atom stereocenters. The number of allylic oxidation sites excluding steroid dienone is 1. The molecule has 0 aliphatic rings. The van der Waals surface area contributed by atoms with Crippen molar-refractivity contribution in [1.82, 2.24) is 19.6 Å². The largest absolute Gasteiger partial charge is 0.287 e. The van der Waals surface area contributed by atoms with Gasteiger partial charge in [-0.3, -0.25) is 14.2 Å². The molecule has 19 heavy (non-hydrogen) atoms. The second kappa shape index (κ2) is 5.22. The minimum Gasteiger partial charge on any atom is -0.287 e. The molecule has 0 spiro atoms. The van der Waals surface area contributed by atoms with Crippen LogP contribution < -0.4 is 0 Å². The Morgan fingerprint density at radius 2 is 2.11 bits per heavy atom. The normalized spacial score (nSPS) is 11.4. The van der Waals surface area contributed by atoms with Gasteiger partial charge >= 0.3 is 0 Å². The molecule has 0 bridgehead atoms. The number of aromatic nitrogens is 4. The van der Waals surface area contributed by atoms with Gasteiger partial charge in [0.05, 0.1) is 5.69 Å². The van der Waals surface area contributed by atoms with Crippen LogP contribution in [-0.4, -0.2) is 25.3 Å². The predicted molar refractivity (Wildman–Crippen MR) is 73.9 cm³/mol. The molecule has 2 rings (SSSR count). The zero-order valence-corrected chi connectivity index (χ0v) is 11.7. The van der Waals surface area contributed by atoms with E-state index in [-0.39, 0.29) is 5.78 Å². The standard InChI is InChI=1S/C14H18N4O/c1-5-18-9-8-13(16-18)14(19)7-6-12-10(2)15-17(4)11(12)3/h6-9H,5H2,1-4H3/b7-6+. The Morgan fingerprint density at radius 3 is 2.63 bits per heavy atom. The van der Waals surface area contributed by atoms with Crippen LogP contribution >= 0.6 is 0 Å². The van der Waals surface area contributed by atoms with Crippen molar-refractivity contribution < 1.29 is 4.79 Å². The zero-order chi connectivity index (χ0) is 14.0. The van der Waals surface area contributed by atoms with Crippen molar-refractivity contribution in [3.05, 3.63) is 41.0 Å². The van der Waals surface area contributed by atoms with E-state index < -0.39 is 0 Å². The van der Waals surface area contributed by atoms with Crippen LogP contribution in [0.5, 0.6) is 0 Å². The number of ketones is 1. The molecule has 0 fully saturated rings.